The normalized spacial score (nSPS) is 16.0. The number of carbonyl (C=O) groups excluding carboxylic acids is 2. The van der Waals surface area contributed by atoms with Crippen LogP contribution in [0.15, 0.2) is 53.4 Å². The van der Waals surface area contributed by atoms with Crippen molar-refractivity contribution >= 4 is 23.6 Å². The second-order valence-corrected chi connectivity index (χ2v) is 7.02. The Balaban J connectivity index is 1.52. The number of fused-ring (bicyclic) bond motifs is 1. The van der Waals surface area contributed by atoms with Crippen molar-refractivity contribution < 1.29 is 14.0 Å². The Kier molecular flexibility index (Phi) is 5.71. The molecule has 0 aromatic heterocycles. The van der Waals surface area contributed by atoms with Gasteiger partial charge in [-0.3, -0.25) is 9.59 Å². The standard InChI is InChI=1S/C19H19FN2O2S/c20-14-6-7-17-15(11-14)16(8-9-25-17)22-19(24)12-21-18(23)10-13-4-2-1-3-5-13/h1-7,11,16H,8-10,12H2,(H,21,23)(H,22,24). The first-order chi connectivity index (χ1) is 12.1. The van der Waals surface area contributed by atoms with Gasteiger partial charge in [0.05, 0.1) is 19.0 Å². The number of carbonyl (C=O) groups is 2. The van der Waals surface area contributed by atoms with E-state index in [1.807, 2.05) is 30.3 Å². The van der Waals surface area contributed by atoms with Crippen molar-refractivity contribution in [3.63, 3.8) is 0 Å². The third-order valence-electron chi connectivity index (χ3n) is 4.00. The lowest BCUT2D eigenvalue weighted by atomic mass is 10.0. The van der Waals surface area contributed by atoms with Crippen LogP contribution in [0, 0.1) is 5.82 Å². The monoisotopic (exact) mass is 358 g/mol. The zero-order valence-corrected chi connectivity index (χ0v) is 14.4. The van der Waals surface area contributed by atoms with E-state index in [0.29, 0.717) is 0 Å². The van der Waals surface area contributed by atoms with Crippen LogP contribution in [0.3, 0.4) is 0 Å². The summed E-state index contributed by atoms with van der Waals surface area (Å²) in [6, 6.07) is 13.8. The van der Waals surface area contributed by atoms with Crippen LogP contribution in [0.25, 0.3) is 0 Å². The predicted octanol–water partition coefficient (Wildman–Crippen LogP) is 2.84. The van der Waals surface area contributed by atoms with Crippen molar-refractivity contribution in [2.75, 3.05) is 12.3 Å². The van der Waals surface area contributed by atoms with E-state index in [9.17, 15) is 14.0 Å². The van der Waals surface area contributed by atoms with Crippen molar-refractivity contribution in [2.24, 2.45) is 0 Å². The molecule has 0 spiro atoms. The Bertz CT molecular complexity index is 767. The average molecular weight is 358 g/mol. The van der Waals surface area contributed by atoms with Crippen LogP contribution in [-0.4, -0.2) is 24.1 Å². The number of hydrogen-bond donors (Lipinski definition) is 2. The van der Waals surface area contributed by atoms with E-state index in [1.165, 1.54) is 12.1 Å². The van der Waals surface area contributed by atoms with Gasteiger partial charge in [-0.25, -0.2) is 4.39 Å². The first-order valence-electron chi connectivity index (χ1n) is 8.14. The number of thioether (sulfide) groups is 1. The molecule has 0 saturated heterocycles. The molecular weight excluding hydrogens is 339 g/mol. The van der Waals surface area contributed by atoms with Crippen LogP contribution in [0.2, 0.25) is 0 Å². The summed E-state index contributed by atoms with van der Waals surface area (Å²) < 4.78 is 13.5. The molecule has 1 unspecified atom stereocenters. The van der Waals surface area contributed by atoms with Gasteiger partial charge in [-0.05, 0) is 35.7 Å². The summed E-state index contributed by atoms with van der Waals surface area (Å²) in [5, 5.41) is 5.51. The smallest absolute Gasteiger partial charge is 0.239 e. The zero-order chi connectivity index (χ0) is 17.6. The van der Waals surface area contributed by atoms with Gasteiger partial charge in [0.25, 0.3) is 0 Å². The third kappa shape index (κ3) is 4.82. The first-order valence-corrected chi connectivity index (χ1v) is 9.12. The van der Waals surface area contributed by atoms with Crippen molar-refractivity contribution in [3.8, 4) is 0 Å². The van der Waals surface area contributed by atoms with E-state index < -0.39 is 0 Å². The number of nitrogens with one attached hydrogen (secondary N) is 2. The molecule has 0 radical (unpaired) electrons. The van der Waals surface area contributed by atoms with Crippen LogP contribution in [-0.2, 0) is 16.0 Å². The van der Waals surface area contributed by atoms with Gasteiger partial charge < -0.3 is 10.6 Å². The van der Waals surface area contributed by atoms with E-state index in [1.54, 1.807) is 17.8 Å². The summed E-state index contributed by atoms with van der Waals surface area (Å²) in [5.41, 5.74) is 1.70. The van der Waals surface area contributed by atoms with Gasteiger partial charge in [0.1, 0.15) is 5.82 Å². The highest BCUT2D eigenvalue weighted by molar-refractivity contribution is 7.99. The van der Waals surface area contributed by atoms with E-state index in [0.717, 1.165) is 28.2 Å². The fraction of sp³-hybridized carbons (Fsp3) is 0.263. The summed E-state index contributed by atoms with van der Waals surface area (Å²) >= 11 is 1.66. The fourth-order valence-electron chi connectivity index (χ4n) is 2.78. The topological polar surface area (TPSA) is 58.2 Å². The fourth-order valence-corrected chi connectivity index (χ4v) is 3.89. The summed E-state index contributed by atoms with van der Waals surface area (Å²) in [7, 11) is 0. The minimum absolute atomic E-state index is 0.0834. The van der Waals surface area contributed by atoms with Gasteiger partial charge in [0.2, 0.25) is 11.8 Å². The largest absolute Gasteiger partial charge is 0.348 e. The van der Waals surface area contributed by atoms with Gasteiger partial charge in [-0.2, -0.15) is 0 Å². The van der Waals surface area contributed by atoms with Crippen molar-refractivity contribution in [1.82, 2.24) is 10.6 Å². The molecule has 3 rings (SSSR count). The highest BCUT2D eigenvalue weighted by atomic mass is 32.2. The molecule has 130 valence electrons. The van der Waals surface area contributed by atoms with Crippen molar-refractivity contribution in [3.05, 3.63) is 65.5 Å². The van der Waals surface area contributed by atoms with Crippen LogP contribution in [0.5, 0.6) is 0 Å². The number of amides is 2. The molecule has 1 atom stereocenters. The van der Waals surface area contributed by atoms with Crippen LogP contribution in [0.4, 0.5) is 4.39 Å². The molecule has 0 fully saturated rings. The molecule has 2 aromatic carbocycles. The number of rotatable bonds is 5. The molecular formula is C19H19FN2O2S. The number of halogens is 1. The Labute approximate surface area is 150 Å². The molecule has 2 amide bonds. The minimum atomic E-state index is -0.309. The van der Waals surface area contributed by atoms with Crippen molar-refractivity contribution in [1.29, 1.82) is 0 Å². The van der Waals surface area contributed by atoms with Gasteiger partial charge in [-0.15, -0.1) is 11.8 Å². The lowest BCUT2D eigenvalue weighted by Crippen LogP contribution is -2.39. The van der Waals surface area contributed by atoms with Crippen molar-refractivity contribution in [2.45, 2.75) is 23.8 Å². The molecule has 0 aliphatic carbocycles. The quantitative estimate of drug-likeness (QED) is 0.864. The summed E-state index contributed by atoms with van der Waals surface area (Å²) in [6.07, 6.45) is 0.979. The zero-order valence-electron chi connectivity index (χ0n) is 13.6. The highest BCUT2D eigenvalue weighted by Gasteiger charge is 2.23. The summed E-state index contributed by atoms with van der Waals surface area (Å²) in [6.45, 7) is -0.0834. The van der Waals surface area contributed by atoms with Crippen LogP contribution >= 0.6 is 11.8 Å². The lowest BCUT2D eigenvalue weighted by Gasteiger charge is -2.26. The lowest BCUT2D eigenvalue weighted by molar-refractivity contribution is -0.126. The molecule has 1 aliphatic rings. The maximum Gasteiger partial charge on any atom is 0.239 e. The predicted molar refractivity (Wildman–Crippen MR) is 95.8 cm³/mol. The van der Waals surface area contributed by atoms with Gasteiger partial charge >= 0.3 is 0 Å². The van der Waals surface area contributed by atoms with Gasteiger partial charge in [-0.1, -0.05) is 30.3 Å². The van der Waals surface area contributed by atoms with E-state index in [4.69, 9.17) is 0 Å². The molecule has 1 aliphatic heterocycles. The molecule has 6 heteroatoms. The maximum absolute atomic E-state index is 13.5. The summed E-state index contributed by atoms with van der Waals surface area (Å²) in [4.78, 5) is 25.0. The molecule has 1 heterocycles. The Morgan fingerprint density at radius 3 is 2.72 bits per heavy atom. The van der Waals surface area contributed by atoms with E-state index in [-0.39, 0.29) is 36.6 Å². The molecule has 0 saturated carbocycles. The third-order valence-corrected chi connectivity index (χ3v) is 5.12. The average Bonchev–Trinajstić information content (AvgIpc) is 2.61. The minimum Gasteiger partial charge on any atom is -0.348 e. The SMILES string of the molecule is O=C(Cc1ccccc1)NCC(=O)NC1CCSc2ccc(F)cc21. The van der Waals surface area contributed by atoms with Gasteiger partial charge in [0.15, 0.2) is 0 Å². The summed E-state index contributed by atoms with van der Waals surface area (Å²) in [5.74, 6) is 0.0846. The number of benzene rings is 2. The molecule has 2 aromatic rings. The first kappa shape index (κ1) is 17.5. The van der Waals surface area contributed by atoms with E-state index >= 15 is 0 Å². The van der Waals surface area contributed by atoms with Crippen LogP contribution < -0.4 is 10.6 Å². The Hall–Kier alpha value is -2.34. The van der Waals surface area contributed by atoms with Crippen LogP contribution in [0.1, 0.15) is 23.6 Å². The van der Waals surface area contributed by atoms with Gasteiger partial charge in [0, 0.05) is 10.6 Å². The Morgan fingerprint density at radius 1 is 1.12 bits per heavy atom. The highest BCUT2D eigenvalue weighted by Crippen LogP contribution is 2.36. The molecule has 25 heavy (non-hydrogen) atoms. The maximum atomic E-state index is 13.5. The van der Waals surface area contributed by atoms with E-state index in [2.05, 4.69) is 10.6 Å². The molecule has 2 N–H and O–H groups in total. The second-order valence-electron chi connectivity index (χ2n) is 5.88. The Morgan fingerprint density at radius 2 is 1.92 bits per heavy atom. The second kappa shape index (κ2) is 8.16. The number of hydrogen-bond acceptors (Lipinski definition) is 3. The molecule has 0 bridgehead atoms. The molecule has 4 nitrogen and oxygen atoms in total.